The molecule has 3 N–H and O–H groups in total. The normalized spacial score (nSPS) is 9.55. The van der Waals surface area contributed by atoms with Gasteiger partial charge in [-0.05, 0) is 6.07 Å². The van der Waals surface area contributed by atoms with Gasteiger partial charge in [-0.25, -0.2) is 0 Å². The van der Waals surface area contributed by atoms with Gasteiger partial charge in [0.2, 0.25) is 5.56 Å². The Morgan fingerprint density at radius 1 is 1.64 bits per heavy atom. The van der Waals surface area contributed by atoms with Crippen molar-refractivity contribution in [2.75, 3.05) is 6.54 Å². The van der Waals surface area contributed by atoms with Gasteiger partial charge >= 0.3 is 0 Å². The second-order valence-corrected chi connectivity index (χ2v) is 2.07. The second kappa shape index (κ2) is 3.12. The first-order chi connectivity index (χ1) is 5.24. The summed E-state index contributed by atoms with van der Waals surface area (Å²) in [5.74, 6) is -0.226. The van der Waals surface area contributed by atoms with E-state index in [1.54, 1.807) is 0 Å². The number of carbonyl (C=O) groups excluding carboxylic acids is 1. The Labute approximate surface area is 63.0 Å². The molecule has 1 heterocycles. The number of rotatable bonds is 2. The molecule has 0 saturated carbocycles. The number of Topliss-reactive ketones (excluding diaryl/α,β-unsaturated/α-hetero) is 1. The van der Waals surface area contributed by atoms with E-state index in [0.717, 1.165) is 0 Å². The molecule has 58 valence electrons. The summed E-state index contributed by atoms with van der Waals surface area (Å²) in [7, 11) is 0. The van der Waals surface area contributed by atoms with Crippen molar-refractivity contribution in [1.82, 2.24) is 4.98 Å². The molecule has 0 aromatic carbocycles. The predicted molar refractivity (Wildman–Crippen MR) is 40.4 cm³/mol. The van der Waals surface area contributed by atoms with Crippen LogP contribution in [0.1, 0.15) is 10.4 Å². The molecule has 0 spiro atoms. The third-order valence-electron chi connectivity index (χ3n) is 1.28. The van der Waals surface area contributed by atoms with Gasteiger partial charge in [-0.3, -0.25) is 9.59 Å². The number of ketones is 1. The van der Waals surface area contributed by atoms with Gasteiger partial charge in [0.1, 0.15) is 0 Å². The molecular weight excluding hydrogens is 144 g/mol. The molecule has 1 aromatic heterocycles. The van der Waals surface area contributed by atoms with E-state index in [1.807, 2.05) is 0 Å². The van der Waals surface area contributed by atoms with Crippen LogP contribution in [0.4, 0.5) is 0 Å². The average Bonchev–Trinajstić information content (AvgIpc) is 2.03. The van der Waals surface area contributed by atoms with Gasteiger partial charge in [0.15, 0.2) is 5.78 Å². The number of hydrogen-bond acceptors (Lipinski definition) is 3. The first-order valence-electron chi connectivity index (χ1n) is 3.16. The summed E-state index contributed by atoms with van der Waals surface area (Å²) in [6, 6.07) is 2.76. The quantitative estimate of drug-likeness (QED) is 0.562. The largest absolute Gasteiger partial charge is 0.329 e. The lowest BCUT2D eigenvalue weighted by Crippen LogP contribution is -2.16. The smallest absolute Gasteiger partial charge is 0.248 e. The zero-order chi connectivity index (χ0) is 8.27. The van der Waals surface area contributed by atoms with Crippen LogP contribution >= 0.6 is 0 Å². The molecule has 0 saturated heterocycles. The maximum absolute atomic E-state index is 10.9. The van der Waals surface area contributed by atoms with Crippen molar-refractivity contribution < 1.29 is 4.79 Å². The van der Waals surface area contributed by atoms with Crippen LogP contribution in [-0.2, 0) is 0 Å². The fourth-order valence-corrected chi connectivity index (χ4v) is 0.736. The molecule has 0 radical (unpaired) electrons. The lowest BCUT2D eigenvalue weighted by Gasteiger charge is -1.93. The van der Waals surface area contributed by atoms with Gasteiger partial charge in [-0.2, -0.15) is 0 Å². The first kappa shape index (κ1) is 7.68. The van der Waals surface area contributed by atoms with Gasteiger partial charge in [0, 0.05) is 17.8 Å². The van der Waals surface area contributed by atoms with Crippen LogP contribution in [-0.4, -0.2) is 17.3 Å². The number of nitrogens with two attached hydrogens (primary N) is 1. The van der Waals surface area contributed by atoms with Crippen LogP contribution in [0.3, 0.4) is 0 Å². The van der Waals surface area contributed by atoms with Gasteiger partial charge in [0.05, 0.1) is 6.54 Å². The molecule has 4 heteroatoms. The SMILES string of the molecule is NCC(=O)c1cc[nH]c(=O)c1. The molecule has 0 unspecified atom stereocenters. The van der Waals surface area contributed by atoms with Crippen LogP contribution in [0.25, 0.3) is 0 Å². The van der Waals surface area contributed by atoms with Gasteiger partial charge in [-0.1, -0.05) is 0 Å². The molecule has 0 aliphatic carbocycles. The molecule has 0 bridgehead atoms. The van der Waals surface area contributed by atoms with E-state index in [1.165, 1.54) is 18.3 Å². The van der Waals surface area contributed by atoms with Crippen molar-refractivity contribution in [2.24, 2.45) is 5.73 Å². The summed E-state index contributed by atoms with van der Waals surface area (Å²) in [6.45, 7) is -0.0660. The summed E-state index contributed by atoms with van der Waals surface area (Å²) in [4.78, 5) is 24.0. The summed E-state index contributed by atoms with van der Waals surface area (Å²) in [5.41, 5.74) is 5.16. The van der Waals surface area contributed by atoms with Crippen molar-refractivity contribution >= 4 is 5.78 Å². The summed E-state index contributed by atoms with van der Waals surface area (Å²) >= 11 is 0. The van der Waals surface area contributed by atoms with Crippen LogP contribution < -0.4 is 11.3 Å². The lowest BCUT2D eigenvalue weighted by atomic mass is 10.2. The Morgan fingerprint density at radius 2 is 2.36 bits per heavy atom. The number of nitrogens with one attached hydrogen (secondary N) is 1. The predicted octanol–water partition coefficient (Wildman–Crippen LogP) is -0.484. The molecule has 1 aromatic rings. The van der Waals surface area contributed by atoms with E-state index in [9.17, 15) is 9.59 Å². The van der Waals surface area contributed by atoms with Crippen LogP contribution in [0.15, 0.2) is 23.1 Å². The molecule has 0 fully saturated rings. The van der Waals surface area contributed by atoms with Crippen LogP contribution in [0.2, 0.25) is 0 Å². The summed E-state index contributed by atoms with van der Waals surface area (Å²) < 4.78 is 0. The monoisotopic (exact) mass is 152 g/mol. The van der Waals surface area contributed by atoms with Crippen LogP contribution in [0, 0.1) is 0 Å². The fraction of sp³-hybridized carbons (Fsp3) is 0.143. The number of aromatic amines is 1. The zero-order valence-electron chi connectivity index (χ0n) is 5.83. The van der Waals surface area contributed by atoms with Crippen molar-refractivity contribution in [2.45, 2.75) is 0 Å². The number of aromatic nitrogens is 1. The first-order valence-corrected chi connectivity index (χ1v) is 3.16. The maximum Gasteiger partial charge on any atom is 0.248 e. The van der Waals surface area contributed by atoms with Crippen molar-refractivity contribution in [3.05, 3.63) is 34.2 Å². The topological polar surface area (TPSA) is 76.0 Å². The fourth-order valence-electron chi connectivity index (χ4n) is 0.736. The van der Waals surface area contributed by atoms with Gasteiger partial charge in [-0.15, -0.1) is 0 Å². The third kappa shape index (κ3) is 1.75. The molecule has 0 aliphatic heterocycles. The van der Waals surface area contributed by atoms with Crippen molar-refractivity contribution in [3.63, 3.8) is 0 Å². The van der Waals surface area contributed by atoms with E-state index in [2.05, 4.69) is 4.98 Å². The Morgan fingerprint density at radius 3 is 2.91 bits per heavy atom. The Balaban J connectivity index is 3.05. The molecule has 11 heavy (non-hydrogen) atoms. The van der Waals surface area contributed by atoms with Gasteiger partial charge in [0.25, 0.3) is 0 Å². The van der Waals surface area contributed by atoms with Gasteiger partial charge < -0.3 is 10.7 Å². The Hall–Kier alpha value is -1.42. The summed E-state index contributed by atoms with van der Waals surface area (Å²) in [5, 5.41) is 0. The molecule has 1 rings (SSSR count). The highest BCUT2D eigenvalue weighted by Crippen LogP contribution is 1.92. The standard InChI is InChI=1S/C7H8N2O2/c8-4-6(10)5-1-2-9-7(11)3-5/h1-3H,4,8H2,(H,9,11). The minimum absolute atomic E-state index is 0.0660. The van der Waals surface area contributed by atoms with E-state index in [-0.39, 0.29) is 17.9 Å². The highest BCUT2D eigenvalue weighted by molar-refractivity contribution is 5.97. The molecule has 0 atom stereocenters. The van der Waals surface area contributed by atoms with E-state index in [0.29, 0.717) is 5.56 Å². The van der Waals surface area contributed by atoms with Crippen molar-refractivity contribution in [3.8, 4) is 0 Å². The van der Waals surface area contributed by atoms with E-state index in [4.69, 9.17) is 5.73 Å². The van der Waals surface area contributed by atoms with E-state index >= 15 is 0 Å². The second-order valence-electron chi connectivity index (χ2n) is 2.07. The minimum Gasteiger partial charge on any atom is -0.329 e. The minimum atomic E-state index is -0.288. The zero-order valence-corrected chi connectivity index (χ0v) is 5.83. The number of carbonyl (C=O) groups is 1. The average molecular weight is 152 g/mol. The molecule has 0 amide bonds. The molecule has 0 aliphatic rings. The molecule has 4 nitrogen and oxygen atoms in total. The van der Waals surface area contributed by atoms with E-state index < -0.39 is 0 Å². The summed E-state index contributed by atoms with van der Waals surface area (Å²) in [6.07, 6.45) is 1.42. The van der Waals surface area contributed by atoms with Crippen LogP contribution in [0.5, 0.6) is 0 Å². The number of hydrogen-bond donors (Lipinski definition) is 2. The Kier molecular flexibility index (Phi) is 2.18. The number of pyridine rings is 1. The number of H-pyrrole nitrogens is 1. The maximum atomic E-state index is 10.9. The highest BCUT2D eigenvalue weighted by Gasteiger charge is 2.01. The lowest BCUT2D eigenvalue weighted by molar-refractivity contribution is 0.100. The Bertz CT molecular complexity index is 316. The third-order valence-corrected chi connectivity index (χ3v) is 1.28. The molecular formula is C7H8N2O2. The highest BCUT2D eigenvalue weighted by atomic mass is 16.1. The van der Waals surface area contributed by atoms with Crippen molar-refractivity contribution in [1.29, 1.82) is 0 Å².